The second-order valence-electron chi connectivity index (χ2n) is 4.48. The number of aromatic nitrogens is 3. The molecule has 2 rings (SSSR count). The fourth-order valence-corrected chi connectivity index (χ4v) is 2.23. The first-order valence-electron chi connectivity index (χ1n) is 6.34. The molecule has 1 unspecified atom stereocenters. The van der Waals surface area contributed by atoms with Gasteiger partial charge in [-0.05, 0) is 25.6 Å². The lowest BCUT2D eigenvalue weighted by atomic mass is 10.0. The lowest BCUT2D eigenvalue weighted by molar-refractivity contribution is 0.541. The van der Waals surface area contributed by atoms with Gasteiger partial charge in [0.25, 0.3) is 0 Å². The van der Waals surface area contributed by atoms with Crippen LogP contribution in [0.25, 0.3) is 0 Å². The Morgan fingerprint density at radius 3 is 2.78 bits per heavy atom. The van der Waals surface area contributed by atoms with Crippen molar-refractivity contribution in [3.8, 4) is 0 Å². The molecule has 0 radical (unpaired) electrons. The number of hydrogen-bond donors (Lipinski definition) is 1. The molecule has 0 amide bonds. The molecule has 0 aliphatic heterocycles. The molecule has 2 heterocycles. The van der Waals surface area contributed by atoms with Crippen molar-refractivity contribution in [1.82, 2.24) is 20.1 Å². The summed E-state index contributed by atoms with van der Waals surface area (Å²) in [5, 5.41) is 7.92. The molecular weight excluding hydrogens is 224 g/mol. The molecule has 96 valence electrons. The van der Waals surface area contributed by atoms with E-state index in [0.717, 1.165) is 24.4 Å². The van der Waals surface area contributed by atoms with E-state index in [-0.39, 0.29) is 6.04 Å². The monoisotopic (exact) mass is 244 g/mol. The Morgan fingerprint density at radius 2 is 2.22 bits per heavy atom. The van der Waals surface area contributed by atoms with E-state index in [4.69, 9.17) is 0 Å². The molecule has 18 heavy (non-hydrogen) atoms. The van der Waals surface area contributed by atoms with Crippen LogP contribution in [0.3, 0.4) is 0 Å². The van der Waals surface area contributed by atoms with Crippen molar-refractivity contribution in [3.05, 3.63) is 47.5 Å². The molecule has 0 aromatic carbocycles. The Kier molecular flexibility index (Phi) is 4.10. The van der Waals surface area contributed by atoms with Gasteiger partial charge in [0.05, 0.1) is 5.69 Å². The lowest BCUT2D eigenvalue weighted by Gasteiger charge is -2.16. The maximum Gasteiger partial charge on any atom is 0.0641 e. The topological polar surface area (TPSA) is 42.7 Å². The highest BCUT2D eigenvalue weighted by atomic mass is 15.3. The largest absolute Gasteiger partial charge is 0.310 e. The SMILES string of the molecule is CCNC(Cc1ccccn1)c1cn(C)nc1C. The maximum absolute atomic E-state index is 4.41. The molecule has 0 saturated carbocycles. The summed E-state index contributed by atoms with van der Waals surface area (Å²) < 4.78 is 1.87. The van der Waals surface area contributed by atoms with Gasteiger partial charge in [0.1, 0.15) is 0 Å². The molecule has 0 spiro atoms. The number of nitrogens with one attached hydrogen (secondary N) is 1. The molecule has 1 N–H and O–H groups in total. The van der Waals surface area contributed by atoms with Gasteiger partial charge in [0.15, 0.2) is 0 Å². The van der Waals surface area contributed by atoms with Gasteiger partial charge < -0.3 is 5.32 Å². The minimum atomic E-state index is 0.276. The van der Waals surface area contributed by atoms with Gasteiger partial charge in [-0.15, -0.1) is 0 Å². The summed E-state index contributed by atoms with van der Waals surface area (Å²) in [6, 6.07) is 6.32. The first kappa shape index (κ1) is 12.8. The van der Waals surface area contributed by atoms with E-state index >= 15 is 0 Å². The molecule has 2 aromatic heterocycles. The van der Waals surface area contributed by atoms with Crippen molar-refractivity contribution >= 4 is 0 Å². The Bertz CT molecular complexity index is 490. The summed E-state index contributed by atoms with van der Waals surface area (Å²) in [6.07, 6.45) is 4.82. The molecule has 4 nitrogen and oxygen atoms in total. The normalized spacial score (nSPS) is 12.6. The van der Waals surface area contributed by atoms with Gasteiger partial charge >= 0.3 is 0 Å². The highest BCUT2D eigenvalue weighted by molar-refractivity contribution is 5.22. The zero-order valence-electron chi connectivity index (χ0n) is 11.2. The number of likely N-dealkylation sites (N-methyl/N-ethyl adjacent to an activating group) is 1. The van der Waals surface area contributed by atoms with Crippen LogP contribution in [0.5, 0.6) is 0 Å². The van der Waals surface area contributed by atoms with Crippen LogP contribution in [0.1, 0.15) is 29.9 Å². The minimum absolute atomic E-state index is 0.276. The zero-order chi connectivity index (χ0) is 13.0. The number of aryl methyl sites for hydroxylation is 2. The third kappa shape index (κ3) is 2.96. The summed E-state index contributed by atoms with van der Waals surface area (Å²) >= 11 is 0. The van der Waals surface area contributed by atoms with Gasteiger partial charge in [0.2, 0.25) is 0 Å². The van der Waals surface area contributed by atoms with Gasteiger partial charge in [-0.1, -0.05) is 13.0 Å². The predicted octanol–water partition coefficient (Wildman–Crippen LogP) is 2.02. The average Bonchev–Trinajstić information content (AvgIpc) is 2.69. The van der Waals surface area contributed by atoms with E-state index in [1.54, 1.807) is 0 Å². The maximum atomic E-state index is 4.41. The second-order valence-corrected chi connectivity index (χ2v) is 4.48. The third-order valence-corrected chi connectivity index (χ3v) is 3.02. The molecule has 0 aliphatic rings. The standard InChI is InChI=1S/C14H20N4/c1-4-15-14(9-12-7-5-6-8-16-12)13-10-18(3)17-11(13)2/h5-8,10,14-15H,4,9H2,1-3H3. The first-order valence-corrected chi connectivity index (χ1v) is 6.34. The summed E-state index contributed by atoms with van der Waals surface area (Å²) in [5.41, 5.74) is 3.44. The summed E-state index contributed by atoms with van der Waals surface area (Å²) in [4.78, 5) is 4.40. The zero-order valence-corrected chi connectivity index (χ0v) is 11.2. The van der Waals surface area contributed by atoms with Crippen molar-refractivity contribution < 1.29 is 0 Å². The van der Waals surface area contributed by atoms with Crippen LogP contribution in [0, 0.1) is 6.92 Å². The molecule has 4 heteroatoms. The van der Waals surface area contributed by atoms with Crippen molar-refractivity contribution in [2.75, 3.05) is 6.54 Å². The number of nitrogens with zero attached hydrogens (tertiary/aromatic N) is 3. The van der Waals surface area contributed by atoms with E-state index < -0.39 is 0 Å². The van der Waals surface area contributed by atoms with Gasteiger partial charge in [-0.2, -0.15) is 5.10 Å². The molecule has 2 aromatic rings. The Labute approximate surface area is 108 Å². The van der Waals surface area contributed by atoms with Crippen LogP contribution < -0.4 is 5.32 Å². The fourth-order valence-electron chi connectivity index (χ4n) is 2.23. The Balaban J connectivity index is 2.21. The smallest absolute Gasteiger partial charge is 0.0641 e. The molecule has 1 atom stereocenters. The Morgan fingerprint density at radius 1 is 1.39 bits per heavy atom. The molecule has 0 aliphatic carbocycles. The van der Waals surface area contributed by atoms with E-state index in [2.05, 4.69) is 41.5 Å². The second kappa shape index (κ2) is 5.78. The first-order chi connectivity index (χ1) is 8.70. The molecule has 0 fully saturated rings. The Hall–Kier alpha value is -1.68. The van der Waals surface area contributed by atoms with Crippen LogP contribution in [-0.2, 0) is 13.5 Å². The van der Waals surface area contributed by atoms with E-state index in [1.165, 1.54) is 5.56 Å². The lowest BCUT2D eigenvalue weighted by Crippen LogP contribution is -2.23. The highest BCUT2D eigenvalue weighted by Gasteiger charge is 2.16. The predicted molar refractivity (Wildman–Crippen MR) is 72.3 cm³/mol. The summed E-state index contributed by atoms with van der Waals surface area (Å²) in [7, 11) is 1.96. The quantitative estimate of drug-likeness (QED) is 0.875. The summed E-state index contributed by atoms with van der Waals surface area (Å²) in [6.45, 7) is 5.11. The molecular formula is C14H20N4. The fraction of sp³-hybridized carbons (Fsp3) is 0.429. The molecule has 0 bridgehead atoms. The van der Waals surface area contributed by atoms with Gasteiger partial charge in [-0.25, -0.2) is 0 Å². The van der Waals surface area contributed by atoms with Crippen molar-refractivity contribution in [3.63, 3.8) is 0 Å². The van der Waals surface area contributed by atoms with Crippen LogP contribution >= 0.6 is 0 Å². The van der Waals surface area contributed by atoms with Crippen molar-refractivity contribution in [2.45, 2.75) is 26.3 Å². The van der Waals surface area contributed by atoms with E-state index in [0.29, 0.717) is 0 Å². The van der Waals surface area contributed by atoms with Crippen LogP contribution in [-0.4, -0.2) is 21.3 Å². The van der Waals surface area contributed by atoms with Crippen LogP contribution in [0.15, 0.2) is 30.6 Å². The van der Waals surface area contributed by atoms with Crippen LogP contribution in [0.4, 0.5) is 0 Å². The highest BCUT2D eigenvalue weighted by Crippen LogP contribution is 2.20. The minimum Gasteiger partial charge on any atom is -0.310 e. The van der Waals surface area contributed by atoms with Crippen molar-refractivity contribution in [1.29, 1.82) is 0 Å². The summed E-state index contributed by atoms with van der Waals surface area (Å²) in [5.74, 6) is 0. The van der Waals surface area contributed by atoms with Gasteiger partial charge in [0, 0.05) is 43.2 Å². The number of pyridine rings is 1. The third-order valence-electron chi connectivity index (χ3n) is 3.02. The number of rotatable bonds is 5. The average molecular weight is 244 g/mol. The number of hydrogen-bond acceptors (Lipinski definition) is 3. The molecule has 0 saturated heterocycles. The van der Waals surface area contributed by atoms with E-state index in [1.807, 2.05) is 30.1 Å². The van der Waals surface area contributed by atoms with E-state index in [9.17, 15) is 0 Å². The van der Waals surface area contributed by atoms with Gasteiger partial charge in [-0.3, -0.25) is 9.67 Å². The van der Waals surface area contributed by atoms with Crippen molar-refractivity contribution in [2.24, 2.45) is 7.05 Å². The van der Waals surface area contributed by atoms with Crippen LogP contribution in [0.2, 0.25) is 0 Å².